The molecule has 0 aliphatic rings. The van der Waals surface area contributed by atoms with Crippen LogP contribution < -0.4 is 25.5 Å². The molecule has 0 bridgehead atoms. The summed E-state index contributed by atoms with van der Waals surface area (Å²) in [5.41, 5.74) is 7.52. The van der Waals surface area contributed by atoms with Gasteiger partial charge in [-0.3, -0.25) is 9.59 Å². The van der Waals surface area contributed by atoms with Gasteiger partial charge >= 0.3 is 0 Å². The van der Waals surface area contributed by atoms with Crippen molar-refractivity contribution in [3.63, 3.8) is 0 Å². The highest BCUT2D eigenvalue weighted by atomic mass is 16.7. The van der Waals surface area contributed by atoms with Gasteiger partial charge in [-0.2, -0.15) is 5.48 Å². The molecular weight excluding hydrogens is 240 g/mol. The van der Waals surface area contributed by atoms with E-state index in [1.54, 1.807) is 0 Å². The minimum absolute atomic E-state index is 0.153. The number of ether oxygens (including phenoxy) is 2. The predicted octanol–water partition coefficient (Wildman–Crippen LogP) is 0.233. The second-order valence-electron chi connectivity index (χ2n) is 3.33. The Morgan fingerprint density at radius 1 is 1.17 bits per heavy atom. The average Bonchev–Trinajstić information content (AvgIpc) is 2.34. The first-order chi connectivity index (χ1) is 8.49. The quantitative estimate of drug-likeness (QED) is 0.733. The summed E-state index contributed by atoms with van der Waals surface area (Å²) < 4.78 is 10.1. The molecule has 98 valence electrons. The number of carbonyl (C=O) groups is 2. The Labute approximate surface area is 104 Å². The summed E-state index contributed by atoms with van der Waals surface area (Å²) in [7, 11) is 2.78. The summed E-state index contributed by atoms with van der Waals surface area (Å²) in [6, 6.07) is 2.78. The van der Waals surface area contributed by atoms with E-state index in [0.717, 1.165) is 0 Å². The van der Waals surface area contributed by atoms with Crippen molar-refractivity contribution in [2.24, 2.45) is 5.73 Å². The topological polar surface area (TPSA) is 99.9 Å². The lowest BCUT2D eigenvalue weighted by atomic mass is 10.1. The first kappa shape index (κ1) is 13.6. The van der Waals surface area contributed by atoms with E-state index < -0.39 is 11.8 Å². The molecule has 0 aromatic heterocycles. The number of nitrogens with one attached hydrogen (secondary N) is 1. The third-order valence-electron chi connectivity index (χ3n) is 2.04. The molecule has 18 heavy (non-hydrogen) atoms. The highest BCUT2D eigenvalue weighted by Crippen LogP contribution is 2.37. The van der Waals surface area contributed by atoms with Crippen molar-refractivity contribution >= 4 is 11.8 Å². The highest BCUT2D eigenvalue weighted by Gasteiger charge is 2.17. The van der Waals surface area contributed by atoms with Gasteiger partial charge in [0.25, 0.3) is 0 Å². The maximum Gasteiger partial charge on any atom is 0.249 e. The summed E-state index contributed by atoms with van der Waals surface area (Å²) in [6.45, 7) is 1.29. The SMILES string of the molecule is COc1cc(C(N)=O)cc(OC)c1ONC(C)=O. The van der Waals surface area contributed by atoms with Crippen LogP contribution in [0.15, 0.2) is 12.1 Å². The highest BCUT2D eigenvalue weighted by molar-refractivity contribution is 5.94. The minimum atomic E-state index is -0.627. The molecule has 0 spiro atoms. The van der Waals surface area contributed by atoms with E-state index in [4.69, 9.17) is 20.0 Å². The lowest BCUT2D eigenvalue weighted by molar-refractivity contribution is -0.125. The molecule has 1 aromatic rings. The molecule has 0 aliphatic heterocycles. The molecule has 0 saturated heterocycles. The van der Waals surface area contributed by atoms with Gasteiger partial charge in [0.2, 0.25) is 17.6 Å². The Morgan fingerprint density at radius 2 is 1.67 bits per heavy atom. The lowest BCUT2D eigenvalue weighted by Crippen LogP contribution is -2.24. The van der Waals surface area contributed by atoms with Crippen LogP contribution in [0.1, 0.15) is 17.3 Å². The van der Waals surface area contributed by atoms with Crippen LogP contribution in [0.2, 0.25) is 0 Å². The monoisotopic (exact) mass is 254 g/mol. The normalized spacial score (nSPS) is 9.50. The molecule has 7 nitrogen and oxygen atoms in total. The fraction of sp³-hybridized carbons (Fsp3) is 0.273. The zero-order valence-corrected chi connectivity index (χ0v) is 10.3. The van der Waals surface area contributed by atoms with Crippen molar-refractivity contribution < 1.29 is 23.9 Å². The van der Waals surface area contributed by atoms with Crippen LogP contribution >= 0.6 is 0 Å². The summed E-state index contributed by atoms with van der Waals surface area (Å²) in [6.07, 6.45) is 0. The number of nitrogens with two attached hydrogens (primary N) is 1. The molecule has 1 aromatic carbocycles. The number of hydrogen-bond acceptors (Lipinski definition) is 5. The van der Waals surface area contributed by atoms with Gasteiger partial charge in [-0.25, -0.2) is 0 Å². The van der Waals surface area contributed by atoms with E-state index in [0.29, 0.717) is 0 Å². The number of hydroxylamine groups is 1. The molecule has 3 N–H and O–H groups in total. The third-order valence-corrected chi connectivity index (χ3v) is 2.04. The summed E-state index contributed by atoms with van der Waals surface area (Å²) in [4.78, 5) is 27.0. The number of hydrogen-bond donors (Lipinski definition) is 2. The van der Waals surface area contributed by atoms with Crippen LogP contribution in [0.5, 0.6) is 17.2 Å². The summed E-state index contributed by atoms with van der Waals surface area (Å²) in [5.74, 6) is -0.426. The van der Waals surface area contributed by atoms with Gasteiger partial charge in [-0.05, 0) is 12.1 Å². The largest absolute Gasteiger partial charge is 0.493 e. The van der Waals surface area contributed by atoms with Gasteiger partial charge in [-0.15, -0.1) is 0 Å². The number of amides is 2. The number of carbonyl (C=O) groups excluding carboxylic acids is 2. The molecule has 0 atom stereocenters. The van der Waals surface area contributed by atoms with Gasteiger partial charge < -0.3 is 20.0 Å². The Bertz CT molecular complexity index is 447. The maximum atomic E-state index is 11.1. The second kappa shape index (κ2) is 5.76. The van der Waals surface area contributed by atoms with Crippen molar-refractivity contribution in [2.75, 3.05) is 14.2 Å². The van der Waals surface area contributed by atoms with Crippen molar-refractivity contribution in [3.8, 4) is 17.2 Å². The van der Waals surface area contributed by atoms with Crippen LogP contribution in [-0.2, 0) is 4.79 Å². The predicted molar refractivity (Wildman–Crippen MR) is 62.5 cm³/mol. The van der Waals surface area contributed by atoms with Crippen molar-refractivity contribution in [3.05, 3.63) is 17.7 Å². The van der Waals surface area contributed by atoms with Crippen LogP contribution in [0.25, 0.3) is 0 Å². The smallest absolute Gasteiger partial charge is 0.249 e. The molecule has 1 rings (SSSR count). The first-order valence-electron chi connectivity index (χ1n) is 4.98. The molecular formula is C11H14N2O5. The first-order valence-corrected chi connectivity index (χ1v) is 4.98. The van der Waals surface area contributed by atoms with E-state index in [2.05, 4.69) is 5.48 Å². The van der Waals surface area contributed by atoms with Gasteiger partial charge in [0.15, 0.2) is 11.5 Å². The Balaban J connectivity index is 3.21. The summed E-state index contributed by atoms with van der Waals surface area (Å²) in [5, 5.41) is 0. The van der Waals surface area contributed by atoms with Crippen LogP contribution in [0.4, 0.5) is 0 Å². The van der Waals surface area contributed by atoms with E-state index in [1.807, 2.05) is 0 Å². The zero-order valence-electron chi connectivity index (χ0n) is 10.3. The Morgan fingerprint density at radius 3 is 2.00 bits per heavy atom. The number of benzene rings is 1. The number of methoxy groups -OCH3 is 2. The third kappa shape index (κ3) is 3.03. The van der Waals surface area contributed by atoms with Crippen LogP contribution in [-0.4, -0.2) is 26.0 Å². The molecule has 7 heteroatoms. The molecule has 0 heterocycles. The van der Waals surface area contributed by atoms with Gasteiger partial charge in [0.05, 0.1) is 14.2 Å². The maximum absolute atomic E-state index is 11.1. The van der Waals surface area contributed by atoms with E-state index in [1.165, 1.54) is 33.3 Å². The summed E-state index contributed by atoms with van der Waals surface area (Å²) >= 11 is 0. The van der Waals surface area contributed by atoms with Crippen LogP contribution in [0, 0.1) is 0 Å². The molecule has 2 amide bonds. The van der Waals surface area contributed by atoms with Gasteiger partial charge in [0, 0.05) is 12.5 Å². The fourth-order valence-corrected chi connectivity index (χ4v) is 1.25. The number of primary amides is 1. The zero-order chi connectivity index (χ0) is 13.7. The molecule has 0 saturated carbocycles. The van der Waals surface area contributed by atoms with Gasteiger partial charge in [-0.1, -0.05) is 0 Å². The van der Waals surface area contributed by atoms with E-state index >= 15 is 0 Å². The van der Waals surface area contributed by atoms with Gasteiger partial charge in [0.1, 0.15) is 0 Å². The standard InChI is InChI=1S/C11H14N2O5/c1-6(14)13-18-10-8(16-2)4-7(11(12)15)5-9(10)17-3/h4-5H,1-3H3,(H2,12,15)(H,13,14). The fourth-order valence-electron chi connectivity index (χ4n) is 1.25. The minimum Gasteiger partial charge on any atom is -0.493 e. The second-order valence-corrected chi connectivity index (χ2v) is 3.33. The molecule has 0 unspecified atom stereocenters. The Hall–Kier alpha value is -2.44. The average molecular weight is 254 g/mol. The molecule has 0 fully saturated rings. The molecule has 0 radical (unpaired) electrons. The lowest BCUT2D eigenvalue weighted by Gasteiger charge is -2.14. The van der Waals surface area contributed by atoms with E-state index in [9.17, 15) is 9.59 Å². The van der Waals surface area contributed by atoms with Crippen molar-refractivity contribution in [2.45, 2.75) is 6.92 Å². The van der Waals surface area contributed by atoms with E-state index in [-0.39, 0.29) is 22.8 Å². The Kier molecular flexibility index (Phi) is 4.36. The number of rotatable bonds is 5. The van der Waals surface area contributed by atoms with Crippen molar-refractivity contribution in [1.29, 1.82) is 0 Å². The molecule has 0 aliphatic carbocycles. The van der Waals surface area contributed by atoms with Crippen LogP contribution in [0.3, 0.4) is 0 Å². The van der Waals surface area contributed by atoms with Crippen molar-refractivity contribution in [1.82, 2.24) is 5.48 Å².